The molecular weight excluding hydrogens is 476 g/mol. The van der Waals surface area contributed by atoms with Crippen LogP contribution in [0, 0.1) is 0 Å². The molecule has 2 aliphatic rings. The first-order chi connectivity index (χ1) is 17.8. The Morgan fingerprint density at radius 3 is 2.24 bits per heavy atom. The van der Waals surface area contributed by atoms with E-state index in [2.05, 4.69) is 5.32 Å². The number of fused-ring (bicyclic) bond motifs is 2. The molecule has 0 bridgehead atoms. The van der Waals surface area contributed by atoms with Gasteiger partial charge in [0.2, 0.25) is 5.75 Å². The zero-order valence-electron chi connectivity index (χ0n) is 21.0. The summed E-state index contributed by atoms with van der Waals surface area (Å²) in [4.78, 5) is 30.7. The Bertz CT molecular complexity index is 1400. The van der Waals surface area contributed by atoms with Gasteiger partial charge < -0.3 is 29.7 Å². The van der Waals surface area contributed by atoms with E-state index < -0.39 is 11.0 Å². The summed E-state index contributed by atoms with van der Waals surface area (Å²) in [6.45, 7) is 0.416. The first-order valence-corrected chi connectivity index (χ1v) is 11.8. The van der Waals surface area contributed by atoms with Crippen molar-refractivity contribution < 1.29 is 34.0 Å². The summed E-state index contributed by atoms with van der Waals surface area (Å²) in [5, 5.41) is 23.5. The minimum Gasteiger partial charge on any atom is -0.504 e. The number of phenols is 2. The van der Waals surface area contributed by atoms with Crippen molar-refractivity contribution in [2.75, 3.05) is 40.2 Å². The number of hydrogen-bond acceptors (Lipinski definition) is 8. The quantitative estimate of drug-likeness (QED) is 0.345. The van der Waals surface area contributed by atoms with Crippen LogP contribution in [0.4, 0.5) is 5.69 Å². The van der Waals surface area contributed by atoms with Gasteiger partial charge in [-0.15, -0.1) is 0 Å². The number of nitrogens with zero attached hydrogens (tertiary/aromatic N) is 1. The van der Waals surface area contributed by atoms with Gasteiger partial charge in [-0.1, -0.05) is 24.3 Å². The minimum atomic E-state index is -1.48. The van der Waals surface area contributed by atoms with E-state index >= 15 is 0 Å². The van der Waals surface area contributed by atoms with Crippen LogP contribution in [0.3, 0.4) is 0 Å². The molecular formula is C28H28N2O7. The predicted molar refractivity (Wildman–Crippen MR) is 136 cm³/mol. The van der Waals surface area contributed by atoms with Crippen LogP contribution in [0.15, 0.2) is 54.6 Å². The summed E-state index contributed by atoms with van der Waals surface area (Å²) in [5.41, 5.74) is -0.982. The van der Waals surface area contributed by atoms with E-state index in [4.69, 9.17) is 14.2 Å². The summed E-state index contributed by atoms with van der Waals surface area (Å²) in [7, 11) is 6.21. The number of Topliss-reactive ketones (excluding diaryl/α,β-unsaturated/α-hetero) is 1. The lowest BCUT2D eigenvalue weighted by atomic mass is 9.59. The molecule has 0 radical (unpaired) electrons. The molecule has 5 rings (SSSR count). The normalized spacial score (nSPS) is 22.5. The smallest absolute Gasteiger partial charge is 0.251 e. The molecule has 37 heavy (non-hydrogen) atoms. The summed E-state index contributed by atoms with van der Waals surface area (Å²) in [6.07, 6.45) is 0.269. The molecule has 9 heteroatoms. The minimum absolute atomic E-state index is 0.244. The van der Waals surface area contributed by atoms with Crippen LogP contribution >= 0.6 is 0 Å². The number of carbonyl (C=O) groups is 2. The summed E-state index contributed by atoms with van der Waals surface area (Å²) < 4.78 is 16.4. The number of aromatic hydroxyl groups is 2. The Kier molecular flexibility index (Phi) is 5.75. The molecule has 2 heterocycles. The lowest BCUT2D eigenvalue weighted by Gasteiger charge is -2.44. The third kappa shape index (κ3) is 3.13. The van der Waals surface area contributed by atoms with Gasteiger partial charge >= 0.3 is 0 Å². The third-order valence-electron chi connectivity index (χ3n) is 7.69. The molecule has 1 spiro atoms. The van der Waals surface area contributed by atoms with Crippen molar-refractivity contribution in [3.8, 4) is 28.7 Å². The number of rotatable bonds is 6. The maximum absolute atomic E-state index is 14.9. The number of amides is 1. The highest BCUT2D eigenvalue weighted by atomic mass is 16.5. The van der Waals surface area contributed by atoms with Crippen molar-refractivity contribution in [2.24, 2.45) is 0 Å². The fourth-order valence-corrected chi connectivity index (χ4v) is 6.06. The highest BCUT2D eigenvalue weighted by molar-refractivity contribution is 6.16. The van der Waals surface area contributed by atoms with Crippen LogP contribution in [0.2, 0.25) is 0 Å². The van der Waals surface area contributed by atoms with E-state index in [1.54, 1.807) is 24.3 Å². The van der Waals surface area contributed by atoms with Gasteiger partial charge in [-0.25, -0.2) is 0 Å². The maximum atomic E-state index is 14.9. The van der Waals surface area contributed by atoms with Gasteiger partial charge in [0.05, 0.1) is 26.7 Å². The van der Waals surface area contributed by atoms with E-state index in [0.29, 0.717) is 40.6 Å². The zero-order valence-corrected chi connectivity index (χ0v) is 21.0. The fraction of sp³-hybridized carbons (Fsp3) is 0.286. The molecule has 1 fully saturated rings. The van der Waals surface area contributed by atoms with Crippen molar-refractivity contribution in [1.82, 2.24) is 4.90 Å². The number of hydrogen-bond donors (Lipinski definition) is 3. The highest BCUT2D eigenvalue weighted by Crippen LogP contribution is 2.60. The number of phenolic OH excluding ortho intramolecular Hbond substituents is 2. The second-order valence-corrected chi connectivity index (χ2v) is 9.23. The number of likely N-dealkylation sites (N-methyl/N-ethyl adjacent to an activating group) is 1. The van der Waals surface area contributed by atoms with Crippen molar-refractivity contribution in [1.29, 1.82) is 0 Å². The monoisotopic (exact) mass is 504 g/mol. The molecule has 1 amide bonds. The Balaban J connectivity index is 1.86. The van der Waals surface area contributed by atoms with Crippen molar-refractivity contribution in [3.05, 3.63) is 71.3 Å². The number of methoxy groups -OCH3 is 3. The topological polar surface area (TPSA) is 118 Å². The number of likely N-dealkylation sites (tertiary alicyclic amines) is 1. The van der Waals surface area contributed by atoms with Crippen molar-refractivity contribution in [2.45, 2.75) is 17.4 Å². The van der Waals surface area contributed by atoms with Crippen LogP contribution in [0.25, 0.3) is 0 Å². The van der Waals surface area contributed by atoms with Gasteiger partial charge in [0.1, 0.15) is 5.54 Å². The first-order valence-electron chi connectivity index (χ1n) is 11.8. The predicted octanol–water partition coefficient (Wildman–Crippen LogP) is 3.43. The molecule has 3 aromatic carbocycles. The molecule has 9 nitrogen and oxygen atoms in total. The first kappa shape index (κ1) is 24.5. The van der Waals surface area contributed by atoms with Crippen LogP contribution in [0.5, 0.6) is 28.7 Å². The molecule has 2 atom stereocenters. The number of benzene rings is 3. The van der Waals surface area contributed by atoms with Gasteiger partial charge in [-0.05, 0) is 49.4 Å². The largest absolute Gasteiger partial charge is 0.504 e. The van der Waals surface area contributed by atoms with Gasteiger partial charge in [0.25, 0.3) is 5.91 Å². The molecule has 3 aromatic rings. The average molecular weight is 505 g/mol. The molecule has 0 aromatic heterocycles. The molecule has 2 unspecified atom stereocenters. The zero-order chi connectivity index (χ0) is 26.5. The standard InChI is InChI=1S/C28H28N2O7/c1-30-12-11-27(17-9-10-20(31)21(32)15-17,28(30)18-7-5-6-8-19(18)29-26(28)34)25(33)16-13-22(35-2)24(37-4)23(14-16)36-3/h5-10,13-15,31-32H,11-12H2,1-4H3,(H,29,34). The van der Waals surface area contributed by atoms with Gasteiger partial charge in [0, 0.05) is 23.4 Å². The Morgan fingerprint density at radius 2 is 1.62 bits per heavy atom. The lowest BCUT2D eigenvalue weighted by molar-refractivity contribution is -0.127. The average Bonchev–Trinajstić information content (AvgIpc) is 3.39. The van der Waals surface area contributed by atoms with E-state index in [1.807, 2.05) is 30.1 Å². The SMILES string of the molecule is COc1cc(C(=O)C2(c3ccc(O)c(O)c3)CCN(C)C23C(=O)Nc2ccccc23)cc(OC)c1OC. The van der Waals surface area contributed by atoms with E-state index in [-0.39, 0.29) is 35.2 Å². The van der Waals surface area contributed by atoms with E-state index in [0.717, 1.165) is 0 Å². The van der Waals surface area contributed by atoms with Gasteiger partial charge in [0.15, 0.2) is 28.8 Å². The second kappa shape index (κ2) is 8.70. The molecule has 3 N–H and O–H groups in total. The number of ether oxygens (including phenoxy) is 3. The Labute approximate surface area is 214 Å². The molecule has 1 saturated heterocycles. The molecule has 192 valence electrons. The Hall–Kier alpha value is -4.24. The molecule has 0 saturated carbocycles. The highest BCUT2D eigenvalue weighted by Gasteiger charge is 2.70. The van der Waals surface area contributed by atoms with Crippen molar-refractivity contribution in [3.63, 3.8) is 0 Å². The molecule has 0 aliphatic carbocycles. The fourth-order valence-electron chi connectivity index (χ4n) is 6.06. The summed E-state index contributed by atoms with van der Waals surface area (Å²) in [6, 6.07) is 14.7. The summed E-state index contributed by atoms with van der Waals surface area (Å²) in [5.74, 6) is -0.492. The number of carbonyl (C=O) groups excluding carboxylic acids is 2. The molecule has 2 aliphatic heterocycles. The van der Waals surface area contributed by atoms with E-state index in [9.17, 15) is 19.8 Å². The Morgan fingerprint density at radius 1 is 0.946 bits per heavy atom. The third-order valence-corrected chi connectivity index (χ3v) is 7.69. The van der Waals surface area contributed by atoms with Gasteiger partial charge in [-0.3, -0.25) is 14.5 Å². The van der Waals surface area contributed by atoms with E-state index in [1.165, 1.54) is 33.5 Å². The lowest BCUT2D eigenvalue weighted by Crippen LogP contribution is -2.60. The van der Waals surface area contributed by atoms with Crippen LogP contribution in [-0.4, -0.2) is 61.7 Å². The number of ketones is 1. The van der Waals surface area contributed by atoms with Gasteiger partial charge in [-0.2, -0.15) is 0 Å². The van der Waals surface area contributed by atoms with Crippen LogP contribution < -0.4 is 19.5 Å². The maximum Gasteiger partial charge on any atom is 0.251 e. The summed E-state index contributed by atoms with van der Waals surface area (Å²) >= 11 is 0. The van der Waals surface area contributed by atoms with Crippen LogP contribution in [0.1, 0.15) is 27.9 Å². The van der Waals surface area contributed by atoms with Crippen molar-refractivity contribution >= 4 is 17.4 Å². The number of nitrogens with one attached hydrogen (secondary N) is 1. The number of para-hydroxylation sites is 1. The van der Waals surface area contributed by atoms with Crippen LogP contribution in [-0.2, 0) is 15.7 Å². The second-order valence-electron chi connectivity index (χ2n) is 9.23. The number of anilines is 1.